The van der Waals surface area contributed by atoms with E-state index in [1.807, 2.05) is 68.6 Å². The molecular weight excluding hydrogens is 356 g/mol. The fraction of sp³-hybridized carbons (Fsp3) is 0.409. The van der Waals surface area contributed by atoms with Crippen molar-refractivity contribution >= 4 is 11.6 Å². The largest absolute Gasteiger partial charge is 0.495 e. The number of quaternary nitrogens is 1. The van der Waals surface area contributed by atoms with Gasteiger partial charge in [0, 0.05) is 5.56 Å². The number of para-hydroxylation sites is 2. The summed E-state index contributed by atoms with van der Waals surface area (Å²) in [5.41, 5.74) is 1.74. The Morgan fingerprint density at radius 2 is 1.68 bits per heavy atom. The molecule has 0 aliphatic heterocycles. The van der Waals surface area contributed by atoms with Crippen LogP contribution in [-0.4, -0.2) is 32.3 Å². The van der Waals surface area contributed by atoms with Crippen molar-refractivity contribution in [2.24, 2.45) is 0 Å². The van der Waals surface area contributed by atoms with E-state index in [4.69, 9.17) is 14.2 Å². The average Bonchev–Trinajstić information content (AvgIpc) is 2.69. The molecule has 0 radical (unpaired) electrons. The molecule has 2 rings (SSSR count). The predicted octanol–water partition coefficient (Wildman–Crippen LogP) is 3.14. The van der Waals surface area contributed by atoms with Gasteiger partial charge in [-0.15, -0.1) is 0 Å². The Bertz CT molecular complexity index is 779. The molecular formula is C22H31N2O4+. The van der Waals surface area contributed by atoms with Gasteiger partial charge in [0.2, 0.25) is 0 Å². The van der Waals surface area contributed by atoms with Gasteiger partial charge in [-0.05, 0) is 58.0 Å². The number of anilines is 1. The Kier molecular flexibility index (Phi) is 8.14. The highest BCUT2D eigenvalue weighted by Crippen LogP contribution is 2.30. The highest BCUT2D eigenvalue weighted by Gasteiger charge is 2.22. The predicted molar refractivity (Wildman–Crippen MR) is 110 cm³/mol. The highest BCUT2D eigenvalue weighted by molar-refractivity contribution is 5.94. The fourth-order valence-electron chi connectivity index (χ4n) is 2.98. The first-order valence-electron chi connectivity index (χ1n) is 9.68. The summed E-state index contributed by atoms with van der Waals surface area (Å²) in [6, 6.07) is 13.1. The molecule has 0 saturated heterocycles. The van der Waals surface area contributed by atoms with Gasteiger partial charge < -0.3 is 24.8 Å². The van der Waals surface area contributed by atoms with Crippen LogP contribution >= 0.6 is 0 Å². The number of carbonyl (C=O) groups is 1. The number of hydrogen-bond acceptors (Lipinski definition) is 4. The Morgan fingerprint density at radius 3 is 2.36 bits per heavy atom. The van der Waals surface area contributed by atoms with Crippen LogP contribution in [0.1, 0.15) is 39.3 Å². The molecule has 6 nitrogen and oxygen atoms in total. The Labute approximate surface area is 167 Å². The second-order valence-corrected chi connectivity index (χ2v) is 6.53. The number of amides is 1. The average molecular weight is 388 g/mol. The van der Waals surface area contributed by atoms with Crippen LogP contribution in [0.2, 0.25) is 0 Å². The SMILES string of the molecule is CCOc1ccc([C@@H](C)[NH2+][C@H](C)C(=O)Nc2ccccc2OC)cc1OCC. The van der Waals surface area contributed by atoms with E-state index in [0.717, 1.165) is 17.1 Å². The van der Waals surface area contributed by atoms with E-state index in [2.05, 4.69) is 12.2 Å². The molecule has 2 aromatic rings. The maximum Gasteiger partial charge on any atom is 0.282 e. The number of carbonyl (C=O) groups excluding carboxylic acids is 1. The van der Waals surface area contributed by atoms with Gasteiger partial charge in [0.25, 0.3) is 5.91 Å². The number of methoxy groups -OCH3 is 1. The minimum Gasteiger partial charge on any atom is -0.495 e. The lowest BCUT2D eigenvalue weighted by atomic mass is 10.1. The van der Waals surface area contributed by atoms with Gasteiger partial charge in [-0.3, -0.25) is 4.79 Å². The molecule has 0 saturated carbocycles. The second-order valence-electron chi connectivity index (χ2n) is 6.53. The van der Waals surface area contributed by atoms with Gasteiger partial charge in [-0.2, -0.15) is 0 Å². The van der Waals surface area contributed by atoms with Crippen LogP contribution in [0.15, 0.2) is 42.5 Å². The van der Waals surface area contributed by atoms with Crippen molar-refractivity contribution < 1.29 is 24.3 Å². The smallest absolute Gasteiger partial charge is 0.282 e. The lowest BCUT2D eigenvalue weighted by molar-refractivity contribution is -0.709. The van der Waals surface area contributed by atoms with Crippen molar-refractivity contribution in [2.75, 3.05) is 25.6 Å². The normalized spacial score (nSPS) is 12.8. The zero-order valence-corrected chi connectivity index (χ0v) is 17.3. The quantitative estimate of drug-likeness (QED) is 0.657. The second kappa shape index (κ2) is 10.6. The van der Waals surface area contributed by atoms with Crippen molar-refractivity contribution in [1.29, 1.82) is 0 Å². The van der Waals surface area contributed by atoms with Gasteiger partial charge in [0.1, 0.15) is 11.8 Å². The van der Waals surface area contributed by atoms with E-state index < -0.39 is 0 Å². The van der Waals surface area contributed by atoms with Crippen LogP contribution in [0.25, 0.3) is 0 Å². The van der Waals surface area contributed by atoms with Crippen molar-refractivity contribution in [3.8, 4) is 17.2 Å². The molecule has 2 atom stereocenters. The maximum absolute atomic E-state index is 12.6. The summed E-state index contributed by atoms with van der Waals surface area (Å²) in [4.78, 5) is 12.6. The molecule has 6 heteroatoms. The first-order chi connectivity index (χ1) is 13.5. The third-order valence-corrected chi connectivity index (χ3v) is 4.45. The Balaban J connectivity index is 2.05. The summed E-state index contributed by atoms with van der Waals surface area (Å²) < 4.78 is 16.6. The number of rotatable bonds is 10. The summed E-state index contributed by atoms with van der Waals surface area (Å²) in [6.07, 6.45) is 0. The molecule has 28 heavy (non-hydrogen) atoms. The van der Waals surface area contributed by atoms with Crippen LogP contribution in [-0.2, 0) is 4.79 Å². The molecule has 3 N–H and O–H groups in total. The molecule has 1 amide bonds. The Morgan fingerprint density at radius 1 is 1.00 bits per heavy atom. The summed E-state index contributed by atoms with van der Waals surface area (Å²) in [6.45, 7) is 9.00. The van der Waals surface area contributed by atoms with Gasteiger partial charge >= 0.3 is 0 Å². The molecule has 2 aromatic carbocycles. The topological polar surface area (TPSA) is 73.4 Å². The van der Waals surface area contributed by atoms with Crippen LogP contribution in [0.4, 0.5) is 5.69 Å². The molecule has 0 aromatic heterocycles. The van der Waals surface area contributed by atoms with E-state index in [1.165, 1.54) is 0 Å². The van der Waals surface area contributed by atoms with E-state index in [-0.39, 0.29) is 18.0 Å². The van der Waals surface area contributed by atoms with Crippen LogP contribution in [0, 0.1) is 0 Å². The summed E-state index contributed by atoms with van der Waals surface area (Å²) >= 11 is 0. The molecule has 152 valence electrons. The van der Waals surface area contributed by atoms with Crippen LogP contribution in [0.5, 0.6) is 17.2 Å². The maximum atomic E-state index is 12.6. The van der Waals surface area contributed by atoms with E-state index in [0.29, 0.717) is 24.7 Å². The molecule has 0 unspecified atom stereocenters. The van der Waals surface area contributed by atoms with Crippen LogP contribution < -0.4 is 24.8 Å². The van der Waals surface area contributed by atoms with Crippen LogP contribution in [0.3, 0.4) is 0 Å². The lowest BCUT2D eigenvalue weighted by Gasteiger charge is -2.19. The molecule has 0 spiro atoms. The standard InChI is InChI=1S/C22H30N2O4/c1-6-27-20-13-12-17(14-21(20)28-7-2)15(3)23-16(4)22(25)24-18-10-8-9-11-19(18)26-5/h8-16,23H,6-7H2,1-5H3,(H,24,25)/p+1/t15-,16-/m1/s1. The first kappa shape index (κ1) is 21.6. The van der Waals surface area contributed by atoms with Crippen molar-refractivity contribution in [3.05, 3.63) is 48.0 Å². The third-order valence-electron chi connectivity index (χ3n) is 4.45. The number of nitrogens with two attached hydrogens (primary N) is 1. The fourth-order valence-corrected chi connectivity index (χ4v) is 2.98. The van der Waals surface area contributed by atoms with Gasteiger partial charge in [0.15, 0.2) is 17.5 Å². The minimum absolute atomic E-state index is 0.0766. The van der Waals surface area contributed by atoms with E-state index in [1.54, 1.807) is 7.11 Å². The van der Waals surface area contributed by atoms with Gasteiger partial charge in [0.05, 0.1) is 26.0 Å². The molecule has 0 aliphatic rings. The van der Waals surface area contributed by atoms with Crippen molar-refractivity contribution in [1.82, 2.24) is 0 Å². The molecule has 0 bridgehead atoms. The summed E-state index contributed by atoms with van der Waals surface area (Å²) in [7, 11) is 1.59. The minimum atomic E-state index is -0.276. The lowest BCUT2D eigenvalue weighted by Crippen LogP contribution is -2.91. The number of hydrogen-bond donors (Lipinski definition) is 2. The monoisotopic (exact) mass is 387 g/mol. The molecule has 0 heterocycles. The number of benzene rings is 2. The number of nitrogens with one attached hydrogen (secondary N) is 1. The van der Waals surface area contributed by atoms with Crippen molar-refractivity contribution in [2.45, 2.75) is 39.8 Å². The van der Waals surface area contributed by atoms with Crippen molar-refractivity contribution in [3.63, 3.8) is 0 Å². The highest BCUT2D eigenvalue weighted by atomic mass is 16.5. The zero-order valence-electron chi connectivity index (χ0n) is 17.3. The summed E-state index contributed by atoms with van der Waals surface area (Å²) in [5, 5.41) is 4.96. The molecule has 0 fully saturated rings. The van der Waals surface area contributed by atoms with E-state index >= 15 is 0 Å². The first-order valence-corrected chi connectivity index (χ1v) is 9.68. The molecule has 0 aliphatic carbocycles. The third kappa shape index (κ3) is 5.63. The zero-order chi connectivity index (χ0) is 20.5. The Hall–Kier alpha value is -2.73. The summed E-state index contributed by atoms with van der Waals surface area (Å²) in [5.74, 6) is 2.03. The van der Waals surface area contributed by atoms with Gasteiger partial charge in [-0.1, -0.05) is 12.1 Å². The number of ether oxygens (including phenoxy) is 3. The van der Waals surface area contributed by atoms with E-state index in [9.17, 15) is 4.79 Å². The van der Waals surface area contributed by atoms with Gasteiger partial charge in [-0.25, -0.2) is 0 Å².